The Kier molecular flexibility index (Phi) is 8.27. The van der Waals surface area contributed by atoms with Gasteiger partial charge in [0.15, 0.2) is 5.96 Å². The van der Waals surface area contributed by atoms with E-state index in [1.165, 1.54) is 5.69 Å². The topological polar surface area (TPSA) is 70.4 Å². The van der Waals surface area contributed by atoms with Crippen molar-refractivity contribution in [2.45, 2.75) is 32.9 Å². The number of hydrogen-bond acceptors (Lipinski definition) is 4. The normalized spacial score (nSPS) is 16.1. The van der Waals surface area contributed by atoms with Crippen LogP contribution in [0.3, 0.4) is 0 Å². The average Bonchev–Trinajstić information content (AvgIpc) is 3.42. The van der Waals surface area contributed by atoms with Crippen molar-refractivity contribution >= 4 is 35.6 Å². The number of aryl methyl sites for hydroxylation is 1. The Morgan fingerprint density at radius 2 is 2.00 bits per heavy atom. The highest BCUT2D eigenvalue weighted by Gasteiger charge is 2.23. The van der Waals surface area contributed by atoms with Gasteiger partial charge in [-0.2, -0.15) is 0 Å². The lowest BCUT2D eigenvalue weighted by Crippen LogP contribution is -2.44. The summed E-state index contributed by atoms with van der Waals surface area (Å²) in [6.07, 6.45) is 6.68. The fourth-order valence-electron chi connectivity index (χ4n) is 3.71. The molecule has 1 saturated heterocycles. The number of pyridine rings is 1. The lowest BCUT2D eigenvalue weighted by molar-refractivity contribution is 0.649. The molecular weight excluding hydrogens is 501 g/mol. The molecule has 1 aromatic carbocycles. The first-order chi connectivity index (χ1) is 14.7. The van der Waals surface area contributed by atoms with Crippen LogP contribution in [0.15, 0.2) is 66.0 Å². The van der Waals surface area contributed by atoms with E-state index in [4.69, 9.17) is 4.99 Å². The molecule has 8 heteroatoms. The van der Waals surface area contributed by atoms with Gasteiger partial charge >= 0.3 is 0 Å². The second-order valence-corrected chi connectivity index (χ2v) is 7.48. The van der Waals surface area contributed by atoms with Crippen LogP contribution in [0.4, 0.5) is 5.69 Å². The van der Waals surface area contributed by atoms with Crippen LogP contribution >= 0.6 is 24.0 Å². The number of aromatic nitrogens is 3. The molecule has 7 nitrogen and oxygen atoms in total. The molecule has 0 amide bonds. The second kappa shape index (κ2) is 11.1. The number of nitrogens with zero attached hydrogens (tertiary/aromatic N) is 5. The fraction of sp³-hybridized carbons (Fsp3) is 0.348. The molecule has 0 saturated carbocycles. The molecule has 0 aliphatic carbocycles. The van der Waals surface area contributed by atoms with Crippen LogP contribution in [0.1, 0.15) is 24.7 Å². The van der Waals surface area contributed by atoms with E-state index in [0.29, 0.717) is 12.6 Å². The van der Waals surface area contributed by atoms with E-state index in [1.807, 2.05) is 30.0 Å². The largest absolute Gasteiger partial charge is 0.369 e. The summed E-state index contributed by atoms with van der Waals surface area (Å²) in [5.41, 5.74) is 2.36. The molecule has 2 N–H and O–H groups in total. The summed E-state index contributed by atoms with van der Waals surface area (Å²) >= 11 is 0. The molecule has 3 heterocycles. The van der Waals surface area contributed by atoms with E-state index in [2.05, 4.69) is 68.8 Å². The van der Waals surface area contributed by atoms with Gasteiger partial charge in [0.2, 0.25) is 0 Å². The highest BCUT2D eigenvalue weighted by Crippen LogP contribution is 2.19. The molecule has 31 heavy (non-hydrogen) atoms. The van der Waals surface area contributed by atoms with Gasteiger partial charge in [0.1, 0.15) is 11.6 Å². The molecule has 164 valence electrons. The molecule has 1 aliphatic heterocycles. The minimum absolute atomic E-state index is 0. The van der Waals surface area contributed by atoms with E-state index >= 15 is 0 Å². The Morgan fingerprint density at radius 3 is 2.68 bits per heavy atom. The van der Waals surface area contributed by atoms with Gasteiger partial charge in [0.05, 0.1) is 6.54 Å². The molecule has 0 spiro atoms. The number of aliphatic imine (C=N–C) groups is 1. The number of halogens is 1. The molecule has 2 aromatic heterocycles. The molecule has 3 aromatic rings. The Bertz CT molecular complexity index is 969. The molecule has 4 rings (SSSR count). The van der Waals surface area contributed by atoms with E-state index in [1.54, 1.807) is 6.20 Å². The predicted molar refractivity (Wildman–Crippen MR) is 137 cm³/mol. The summed E-state index contributed by atoms with van der Waals surface area (Å²) < 4.78 is 1.97. The Labute approximate surface area is 201 Å². The zero-order valence-electron chi connectivity index (χ0n) is 18.0. The van der Waals surface area contributed by atoms with Gasteiger partial charge in [0, 0.05) is 50.0 Å². The van der Waals surface area contributed by atoms with Crippen molar-refractivity contribution < 1.29 is 0 Å². The average molecular weight is 531 g/mol. The SMILES string of the molecule is CCNC(=NCc1ccc(-n2ccnc2C)nc1)NC1CCN(c2ccccc2)C1.I. The number of anilines is 1. The van der Waals surface area contributed by atoms with Gasteiger partial charge in [-0.1, -0.05) is 24.3 Å². The zero-order valence-corrected chi connectivity index (χ0v) is 20.4. The molecule has 1 aliphatic rings. The number of hydrogen-bond donors (Lipinski definition) is 2. The van der Waals surface area contributed by atoms with Crippen LogP contribution in [0.5, 0.6) is 0 Å². The first-order valence-corrected chi connectivity index (χ1v) is 10.5. The van der Waals surface area contributed by atoms with E-state index in [0.717, 1.165) is 49.2 Å². The lowest BCUT2D eigenvalue weighted by atomic mass is 10.2. The van der Waals surface area contributed by atoms with Crippen LogP contribution < -0.4 is 15.5 Å². The van der Waals surface area contributed by atoms with Gasteiger partial charge in [-0.05, 0) is 44.0 Å². The molecule has 1 atom stereocenters. The second-order valence-electron chi connectivity index (χ2n) is 7.48. The fourth-order valence-corrected chi connectivity index (χ4v) is 3.71. The van der Waals surface area contributed by atoms with Crippen molar-refractivity contribution in [3.8, 4) is 5.82 Å². The van der Waals surface area contributed by atoms with E-state index in [-0.39, 0.29) is 24.0 Å². The summed E-state index contributed by atoms with van der Waals surface area (Å²) in [5, 5.41) is 6.96. The summed E-state index contributed by atoms with van der Waals surface area (Å²) in [6, 6.07) is 15.0. The molecule has 0 bridgehead atoms. The first kappa shape index (κ1) is 23.1. The zero-order chi connectivity index (χ0) is 20.8. The minimum atomic E-state index is 0. The van der Waals surface area contributed by atoms with Crippen LogP contribution in [-0.4, -0.2) is 46.2 Å². The summed E-state index contributed by atoms with van der Waals surface area (Å²) in [7, 11) is 0. The third-order valence-electron chi connectivity index (χ3n) is 5.30. The van der Waals surface area contributed by atoms with Gasteiger partial charge in [-0.15, -0.1) is 24.0 Å². The highest BCUT2D eigenvalue weighted by atomic mass is 127. The predicted octanol–water partition coefficient (Wildman–Crippen LogP) is 3.53. The minimum Gasteiger partial charge on any atom is -0.369 e. The van der Waals surface area contributed by atoms with Crippen molar-refractivity contribution in [1.29, 1.82) is 0 Å². The highest BCUT2D eigenvalue weighted by molar-refractivity contribution is 14.0. The monoisotopic (exact) mass is 531 g/mol. The Balaban J connectivity index is 0.00000272. The number of rotatable bonds is 6. The number of benzene rings is 1. The van der Waals surface area contributed by atoms with Crippen molar-refractivity contribution in [3.05, 3.63) is 72.4 Å². The smallest absolute Gasteiger partial charge is 0.191 e. The maximum atomic E-state index is 4.77. The van der Waals surface area contributed by atoms with Crippen LogP contribution in [-0.2, 0) is 6.54 Å². The van der Waals surface area contributed by atoms with Crippen molar-refractivity contribution in [3.63, 3.8) is 0 Å². The molecule has 0 radical (unpaired) electrons. The van der Waals surface area contributed by atoms with E-state index in [9.17, 15) is 0 Å². The maximum absolute atomic E-state index is 4.77. The number of nitrogens with one attached hydrogen (secondary N) is 2. The van der Waals surface area contributed by atoms with Crippen molar-refractivity contribution in [2.75, 3.05) is 24.5 Å². The molecule has 1 unspecified atom stereocenters. The standard InChI is InChI=1S/C23H29N7.HI/c1-3-24-23(28-20-11-13-29(17-20)21-7-5-4-6-8-21)27-16-19-9-10-22(26-15-19)30-14-12-25-18(30)2;/h4-10,12,14-15,20H,3,11,13,16-17H2,1-2H3,(H2,24,27,28);1H. The Morgan fingerprint density at radius 1 is 1.16 bits per heavy atom. The van der Waals surface area contributed by atoms with Crippen molar-refractivity contribution in [2.24, 2.45) is 4.99 Å². The molecule has 1 fully saturated rings. The van der Waals surface area contributed by atoms with Gasteiger partial charge in [-0.25, -0.2) is 15.0 Å². The first-order valence-electron chi connectivity index (χ1n) is 10.5. The van der Waals surface area contributed by atoms with Crippen LogP contribution in [0.2, 0.25) is 0 Å². The van der Waals surface area contributed by atoms with Crippen LogP contribution in [0.25, 0.3) is 5.82 Å². The summed E-state index contributed by atoms with van der Waals surface area (Å²) in [6.45, 7) is 7.51. The maximum Gasteiger partial charge on any atom is 0.191 e. The third-order valence-corrected chi connectivity index (χ3v) is 5.30. The quantitative estimate of drug-likeness (QED) is 0.290. The van der Waals surface area contributed by atoms with Gasteiger partial charge in [0.25, 0.3) is 0 Å². The third kappa shape index (κ3) is 5.96. The lowest BCUT2D eigenvalue weighted by Gasteiger charge is -2.20. The number of imidazole rings is 1. The summed E-state index contributed by atoms with van der Waals surface area (Å²) in [4.78, 5) is 16.0. The number of guanidine groups is 1. The van der Waals surface area contributed by atoms with E-state index < -0.39 is 0 Å². The number of para-hydroxylation sites is 1. The Hall–Kier alpha value is -2.62. The van der Waals surface area contributed by atoms with Crippen molar-refractivity contribution in [1.82, 2.24) is 25.2 Å². The molecular formula is C23H30IN7. The van der Waals surface area contributed by atoms with Gasteiger partial charge in [-0.3, -0.25) is 4.57 Å². The van der Waals surface area contributed by atoms with Gasteiger partial charge < -0.3 is 15.5 Å². The van der Waals surface area contributed by atoms with Crippen LogP contribution in [0, 0.1) is 6.92 Å². The summed E-state index contributed by atoms with van der Waals surface area (Å²) in [5.74, 6) is 2.65.